The number of benzene rings is 1. The number of nitrogens with zero attached hydrogens (tertiary/aromatic N) is 2. The van der Waals surface area contributed by atoms with Gasteiger partial charge in [0.25, 0.3) is 0 Å². The summed E-state index contributed by atoms with van der Waals surface area (Å²) in [6, 6.07) is 8.77. The SMILES string of the molecule is CN(CC1CNCCO1)S(=O)(=O)Cc1ccccc1C#N. The van der Waals surface area contributed by atoms with Crippen LogP contribution in [-0.2, 0) is 20.5 Å². The van der Waals surface area contributed by atoms with E-state index < -0.39 is 10.0 Å². The number of likely N-dealkylation sites (N-methyl/N-ethyl adjacent to an activating group) is 1. The maximum absolute atomic E-state index is 12.4. The van der Waals surface area contributed by atoms with E-state index in [-0.39, 0.29) is 11.9 Å². The van der Waals surface area contributed by atoms with Crippen LogP contribution in [0.4, 0.5) is 0 Å². The van der Waals surface area contributed by atoms with E-state index in [1.54, 1.807) is 31.3 Å². The number of morpholine rings is 1. The van der Waals surface area contributed by atoms with Crippen molar-refractivity contribution in [3.63, 3.8) is 0 Å². The first-order valence-electron chi connectivity index (χ1n) is 6.77. The van der Waals surface area contributed by atoms with Gasteiger partial charge in [0, 0.05) is 26.7 Å². The Kier molecular flexibility index (Phi) is 5.31. The van der Waals surface area contributed by atoms with Crippen LogP contribution in [0.5, 0.6) is 0 Å². The molecule has 0 spiro atoms. The Bertz CT molecular complexity index is 619. The molecule has 1 unspecified atom stereocenters. The molecule has 1 heterocycles. The second-order valence-electron chi connectivity index (χ2n) is 5.00. The van der Waals surface area contributed by atoms with Gasteiger partial charge in [0.05, 0.1) is 30.1 Å². The van der Waals surface area contributed by atoms with Gasteiger partial charge < -0.3 is 10.1 Å². The highest BCUT2D eigenvalue weighted by Crippen LogP contribution is 2.14. The first-order valence-corrected chi connectivity index (χ1v) is 8.38. The summed E-state index contributed by atoms with van der Waals surface area (Å²) in [6.45, 7) is 2.34. The molecule has 1 saturated heterocycles. The van der Waals surface area contributed by atoms with Crippen LogP contribution in [0.25, 0.3) is 0 Å². The van der Waals surface area contributed by atoms with Gasteiger partial charge in [0.1, 0.15) is 0 Å². The van der Waals surface area contributed by atoms with Crippen molar-refractivity contribution >= 4 is 10.0 Å². The molecule has 1 atom stereocenters. The lowest BCUT2D eigenvalue weighted by Crippen LogP contribution is -2.45. The van der Waals surface area contributed by atoms with E-state index in [2.05, 4.69) is 5.32 Å². The van der Waals surface area contributed by atoms with Crippen molar-refractivity contribution in [2.45, 2.75) is 11.9 Å². The third-order valence-electron chi connectivity index (χ3n) is 3.42. The average Bonchev–Trinajstić information content (AvgIpc) is 2.48. The molecule has 1 N–H and O–H groups in total. The summed E-state index contributed by atoms with van der Waals surface area (Å²) in [5.74, 6) is -0.173. The molecule has 0 saturated carbocycles. The van der Waals surface area contributed by atoms with Gasteiger partial charge in [-0.2, -0.15) is 5.26 Å². The van der Waals surface area contributed by atoms with Gasteiger partial charge in [0.2, 0.25) is 10.0 Å². The summed E-state index contributed by atoms with van der Waals surface area (Å²) in [5, 5.41) is 12.2. The van der Waals surface area contributed by atoms with Crippen molar-refractivity contribution in [3.05, 3.63) is 35.4 Å². The Morgan fingerprint density at radius 2 is 2.24 bits per heavy atom. The summed E-state index contributed by atoms with van der Waals surface area (Å²) in [4.78, 5) is 0. The maximum Gasteiger partial charge on any atom is 0.218 e. The molecule has 0 radical (unpaired) electrons. The lowest BCUT2D eigenvalue weighted by Gasteiger charge is -2.27. The first kappa shape index (κ1) is 15.9. The van der Waals surface area contributed by atoms with Gasteiger partial charge in [-0.05, 0) is 11.6 Å². The highest BCUT2D eigenvalue weighted by atomic mass is 32.2. The van der Waals surface area contributed by atoms with E-state index >= 15 is 0 Å². The van der Waals surface area contributed by atoms with Gasteiger partial charge in [0.15, 0.2) is 0 Å². The molecule has 0 bridgehead atoms. The molecule has 1 fully saturated rings. The normalized spacial score (nSPS) is 19.4. The zero-order valence-electron chi connectivity index (χ0n) is 11.9. The Balaban J connectivity index is 2.05. The Hall–Kier alpha value is -1.46. The Labute approximate surface area is 125 Å². The van der Waals surface area contributed by atoms with Gasteiger partial charge in [-0.3, -0.25) is 0 Å². The molecular weight excluding hydrogens is 290 g/mol. The van der Waals surface area contributed by atoms with Gasteiger partial charge in [-0.1, -0.05) is 18.2 Å². The summed E-state index contributed by atoms with van der Waals surface area (Å²) < 4.78 is 31.6. The van der Waals surface area contributed by atoms with E-state index in [1.807, 2.05) is 6.07 Å². The Morgan fingerprint density at radius 3 is 2.90 bits per heavy atom. The van der Waals surface area contributed by atoms with Gasteiger partial charge >= 0.3 is 0 Å². The summed E-state index contributed by atoms with van der Waals surface area (Å²) >= 11 is 0. The Morgan fingerprint density at radius 1 is 1.48 bits per heavy atom. The minimum Gasteiger partial charge on any atom is -0.374 e. The largest absolute Gasteiger partial charge is 0.374 e. The highest BCUT2D eigenvalue weighted by molar-refractivity contribution is 7.88. The lowest BCUT2D eigenvalue weighted by molar-refractivity contribution is 0.0206. The predicted molar refractivity (Wildman–Crippen MR) is 79.0 cm³/mol. The standard InChI is InChI=1S/C14H19N3O3S/c1-17(10-14-9-16-6-7-20-14)21(18,19)11-13-5-3-2-4-12(13)8-15/h2-5,14,16H,6-7,9-11H2,1H3. The van der Waals surface area contributed by atoms with E-state index in [0.717, 1.165) is 6.54 Å². The third-order valence-corrected chi connectivity index (χ3v) is 5.19. The van der Waals surface area contributed by atoms with Crippen LogP contribution < -0.4 is 5.32 Å². The molecule has 6 nitrogen and oxygen atoms in total. The zero-order chi connectivity index (χ0) is 15.3. The van der Waals surface area contributed by atoms with E-state index in [4.69, 9.17) is 10.00 Å². The van der Waals surface area contributed by atoms with E-state index in [1.165, 1.54) is 4.31 Å². The molecule has 114 valence electrons. The third kappa shape index (κ3) is 4.25. The monoisotopic (exact) mass is 309 g/mol. The molecule has 0 aromatic heterocycles. The first-order chi connectivity index (χ1) is 10.0. The van der Waals surface area contributed by atoms with Crippen LogP contribution in [0.2, 0.25) is 0 Å². The van der Waals surface area contributed by atoms with Crippen molar-refractivity contribution in [1.29, 1.82) is 5.26 Å². The topological polar surface area (TPSA) is 82.4 Å². The van der Waals surface area contributed by atoms with E-state index in [9.17, 15) is 8.42 Å². The van der Waals surface area contributed by atoms with Crippen LogP contribution in [0.3, 0.4) is 0 Å². The zero-order valence-corrected chi connectivity index (χ0v) is 12.8. The highest BCUT2D eigenvalue weighted by Gasteiger charge is 2.24. The summed E-state index contributed by atoms with van der Waals surface area (Å²) in [7, 11) is -1.93. The van der Waals surface area contributed by atoms with Crippen molar-refractivity contribution in [2.75, 3.05) is 33.3 Å². The minimum absolute atomic E-state index is 0.135. The smallest absolute Gasteiger partial charge is 0.218 e. The van der Waals surface area contributed by atoms with Crippen LogP contribution in [0, 0.1) is 11.3 Å². The van der Waals surface area contributed by atoms with E-state index in [0.29, 0.717) is 30.8 Å². The molecule has 0 amide bonds. The number of hydrogen-bond donors (Lipinski definition) is 1. The van der Waals surface area contributed by atoms with Crippen molar-refractivity contribution in [2.24, 2.45) is 0 Å². The van der Waals surface area contributed by atoms with Gasteiger partial charge in [-0.25, -0.2) is 12.7 Å². The van der Waals surface area contributed by atoms with Gasteiger partial charge in [-0.15, -0.1) is 0 Å². The quantitative estimate of drug-likeness (QED) is 0.846. The summed E-state index contributed by atoms with van der Waals surface area (Å²) in [5.41, 5.74) is 0.916. The second kappa shape index (κ2) is 7.00. The molecule has 1 aromatic rings. The van der Waals surface area contributed by atoms with Crippen LogP contribution in [0.15, 0.2) is 24.3 Å². The number of nitriles is 1. The van der Waals surface area contributed by atoms with Crippen molar-refractivity contribution in [3.8, 4) is 6.07 Å². The second-order valence-corrected chi connectivity index (χ2v) is 7.08. The van der Waals surface area contributed by atoms with Crippen molar-refractivity contribution < 1.29 is 13.2 Å². The lowest BCUT2D eigenvalue weighted by atomic mass is 10.1. The molecule has 1 aliphatic heterocycles. The molecular formula is C14H19N3O3S. The molecule has 1 aromatic carbocycles. The molecule has 21 heavy (non-hydrogen) atoms. The molecule has 1 aliphatic rings. The van der Waals surface area contributed by atoms with Crippen LogP contribution in [-0.4, -0.2) is 52.1 Å². The fraction of sp³-hybridized carbons (Fsp3) is 0.500. The van der Waals surface area contributed by atoms with Crippen LogP contribution in [0.1, 0.15) is 11.1 Å². The number of rotatable bonds is 5. The molecule has 7 heteroatoms. The molecule has 2 rings (SSSR count). The number of ether oxygens (including phenoxy) is 1. The fourth-order valence-corrected chi connectivity index (χ4v) is 3.46. The maximum atomic E-state index is 12.4. The van der Waals surface area contributed by atoms with Crippen LogP contribution >= 0.6 is 0 Å². The summed E-state index contributed by atoms with van der Waals surface area (Å²) in [6.07, 6.45) is -0.135. The number of hydrogen-bond acceptors (Lipinski definition) is 5. The molecule has 0 aliphatic carbocycles. The van der Waals surface area contributed by atoms with Crippen molar-refractivity contribution in [1.82, 2.24) is 9.62 Å². The predicted octanol–water partition coefficient (Wildman–Crippen LogP) is 0.308. The average molecular weight is 309 g/mol. The minimum atomic E-state index is -3.47. The number of sulfonamides is 1. The fourth-order valence-electron chi connectivity index (χ4n) is 2.20. The number of nitrogens with one attached hydrogen (secondary N) is 1.